The fraction of sp³-hybridized carbons (Fsp3) is 0.917. The van der Waals surface area contributed by atoms with Gasteiger partial charge in [0.25, 0.3) is 0 Å². The molecule has 0 aromatic rings. The van der Waals surface area contributed by atoms with Gasteiger partial charge in [0.15, 0.2) is 5.79 Å². The van der Waals surface area contributed by atoms with Crippen molar-refractivity contribution < 1.29 is 19.0 Å². The first-order valence-corrected chi connectivity index (χ1v) is 6.67. The zero-order chi connectivity index (χ0) is 12.8. The number of unbranched alkanes of at least 4 members (excludes halogenated alkanes) is 1. The van der Waals surface area contributed by atoms with Crippen LogP contribution >= 0.6 is 0 Å². The van der Waals surface area contributed by atoms with E-state index in [1.807, 2.05) is 0 Å². The van der Waals surface area contributed by atoms with Gasteiger partial charge in [0.2, 0.25) is 0 Å². The maximum Gasteiger partial charge on any atom is 0.407 e. The van der Waals surface area contributed by atoms with E-state index < -0.39 is 5.79 Å². The van der Waals surface area contributed by atoms with Crippen molar-refractivity contribution in [3.8, 4) is 0 Å². The van der Waals surface area contributed by atoms with Gasteiger partial charge in [-0.15, -0.1) is 0 Å². The van der Waals surface area contributed by atoms with E-state index in [2.05, 4.69) is 17.6 Å². The highest BCUT2D eigenvalue weighted by Gasteiger charge is 2.43. The molecular formula is C12H22N2O4. The van der Waals surface area contributed by atoms with Crippen LogP contribution in [0.15, 0.2) is 0 Å². The first kappa shape index (κ1) is 13.6. The quantitative estimate of drug-likeness (QED) is 0.707. The molecule has 1 spiro atoms. The van der Waals surface area contributed by atoms with Crippen LogP contribution in [-0.4, -0.2) is 50.8 Å². The highest BCUT2D eigenvalue weighted by molar-refractivity contribution is 5.67. The van der Waals surface area contributed by atoms with Gasteiger partial charge in [-0.25, -0.2) is 4.79 Å². The van der Waals surface area contributed by atoms with Crippen LogP contribution in [0.1, 0.15) is 26.2 Å². The van der Waals surface area contributed by atoms with Crippen molar-refractivity contribution in [2.75, 3.05) is 32.8 Å². The summed E-state index contributed by atoms with van der Waals surface area (Å²) in [4.78, 5) is 11.3. The number of amides is 1. The maximum absolute atomic E-state index is 11.3. The molecule has 2 aliphatic rings. The molecule has 6 heteroatoms. The second kappa shape index (κ2) is 6.36. The summed E-state index contributed by atoms with van der Waals surface area (Å²) in [5, 5.41) is 5.92. The number of rotatable bonds is 5. The Morgan fingerprint density at radius 2 is 2.50 bits per heavy atom. The molecular weight excluding hydrogens is 236 g/mol. The zero-order valence-corrected chi connectivity index (χ0v) is 10.9. The van der Waals surface area contributed by atoms with Gasteiger partial charge in [0.05, 0.1) is 13.2 Å². The highest BCUT2D eigenvalue weighted by Crippen LogP contribution is 2.28. The molecule has 2 rings (SSSR count). The topological polar surface area (TPSA) is 68.8 Å². The zero-order valence-electron chi connectivity index (χ0n) is 10.9. The number of nitrogens with one attached hydrogen (secondary N) is 2. The van der Waals surface area contributed by atoms with Crippen LogP contribution in [0.3, 0.4) is 0 Å². The molecule has 0 aromatic carbocycles. The van der Waals surface area contributed by atoms with Gasteiger partial charge in [-0.3, -0.25) is 0 Å². The van der Waals surface area contributed by atoms with E-state index >= 15 is 0 Å². The second-order valence-corrected chi connectivity index (χ2v) is 4.76. The van der Waals surface area contributed by atoms with E-state index in [-0.39, 0.29) is 12.2 Å². The molecule has 2 fully saturated rings. The molecule has 1 amide bonds. The van der Waals surface area contributed by atoms with Gasteiger partial charge in [-0.05, 0) is 6.42 Å². The summed E-state index contributed by atoms with van der Waals surface area (Å²) in [5.41, 5.74) is 0. The molecule has 2 N–H and O–H groups in total. The van der Waals surface area contributed by atoms with Crippen molar-refractivity contribution in [2.24, 2.45) is 0 Å². The number of hydrogen-bond acceptors (Lipinski definition) is 5. The number of carbonyl (C=O) groups excluding carboxylic acids is 1. The average molecular weight is 258 g/mol. The summed E-state index contributed by atoms with van der Waals surface area (Å²) in [6.07, 6.45) is 2.32. The minimum absolute atomic E-state index is 0.0800. The Balaban J connectivity index is 1.61. The molecule has 0 aliphatic carbocycles. The average Bonchev–Trinajstić information content (AvgIpc) is 2.98. The number of ether oxygens (including phenoxy) is 3. The van der Waals surface area contributed by atoms with Crippen LogP contribution in [0.4, 0.5) is 4.79 Å². The van der Waals surface area contributed by atoms with Crippen molar-refractivity contribution in [1.82, 2.24) is 10.6 Å². The molecule has 0 radical (unpaired) electrons. The minimum Gasteiger partial charge on any atom is -0.450 e. The Morgan fingerprint density at radius 1 is 1.61 bits per heavy atom. The van der Waals surface area contributed by atoms with E-state index in [4.69, 9.17) is 14.2 Å². The Hall–Kier alpha value is -0.850. The molecule has 6 nitrogen and oxygen atoms in total. The van der Waals surface area contributed by atoms with Gasteiger partial charge in [0.1, 0.15) is 6.10 Å². The van der Waals surface area contributed by atoms with Crippen LogP contribution in [-0.2, 0) is 14.2 Å². The van der Waals surface area contributed by atoms with Crippen LogP contribution < -0.4 is 10.6 Å². The van der Waals surface area contributed by atoms with E-state index in [1.54, 1.807) is 0 Å². The smallest absolute Gasteiger partial charge is 0.407 e. The molecule has 2 unspecified atom stereocenters. The Morgan fingerprint density at radius 3 is 3.22 bits per heavy atom. The van der Waals surface area contributed by atoms with Gasteiger partial charge in [-0.1, -0.05) is 13.3 Å². The summed E-state index contributed by atoms with van der Waals surface area (Å²) < 4.78 is 16.5. The molecule has 2 atom stereocenters. The molecule has 0 aromatic heterocycles. The van der Waals surface area contributed by atoms with Crippen molar-refractivity contribution in [3.05, 3.63) is 0 Å². The van der Waals surface area contributed by atoms with Gasteiger partial charge < -0.3 is 24.8 Å². The highest BCUT2D eigenvalue weighted by atomic mass is 16.7. The monoisotopic (exact) mass is 258 g/mol. The van der Waals surface area contributed by atoms with Gasteiger partial charge in [0, 0.05) is 26.1 Å². The second-order valence-electron chi connectivity index (χ2n) is 4.76. The van der Waals surface area contributed by atoms with E-state index in [1.165, 1.54) is 0 Å². The van der Waals surface area contributed by atoms with Gasteiger partial charge >= 0.3 is 6.09 Å². The summed E-state index contributed by atoms with van der Waals surface area (Å²) >= 11 is 0. The van der Waals surface area contributed by atoms with Crippen LogP contribution in [0.2, 0.25) is 0 Å². The first-order valence-electron chi connectivity index (χ1n) is 6.67. The Kier molecular flexibility index (Phi) is 4.79. The van der Waals surface area contributed by atoms with Crippen LogP contribution in [0.5, 0.6) is 0 Å². The predicted octanol–water partition coefficient (Wildman–Crippen LogP) is 0.618. The summed E-state index contributed by atoms with van der Waals surface area (Å²) in [7, 11) is 0. The van der Waals surface area contributed by atoms with Crippen molar-refractivity contribution in [3.63, 3.8) is 0 Å². The van der Waals surface area contributed by atoms with Crippen molar-refractivity contribution in [2.45, 2.75) is 38.1 Å². The summed E-state index contributed by atoms with van der Waals surface area (Å²) in [5.74, 6) is -0.460. The van der Waals surface area contributed by atoms with E-state index in [0.717, 1.165) is 32.4 Å². The largest absolute Gasteiger partial charge is 0.450 e. The number of carbonyl (C=O) groups is 1. The van der Waals surface area contributed by atoms with Gasteiger partial charge in [-0.2, -0.15) is 0 Å². The lowest BCUT2D eigenvalue weighted by molar-refractivity contribution is -0.150. The van der Waals surface area contributed by atoms with E-state index in [0.29, 0.717) is 19.8 Å². The normalized spacial score (nSPS) is 30.8. The molecule has 2 aliphatic heterocycles. The fourth-order valence-electron chi connectivity index (χ4n) is 2.14. The van der Waals surface area contributed by atoms with Crippen LogP contribution in [0.25, 0.3) is 0 Å². The molecule has 18 heavy (non-hydrogen) atoms. The van der Waals surface area contributed by atoms with Crippen molar-refractivity contribution in [1.29, 1.82) is 0 Å². The predicted molar refractivity (Wildman–Crippen MR) is 65.3 cm³/mol. The third kappa shape index (κ3) is 3.57. The molecule has 104 valence electrons. The molecule has 0 bridgehead atoms. The molecule has 2 heterocycles. The Bertz CT molecular complexity index is 279. The first-order chi connectivity index (χ1) is 8.74. The maximum atomic E-state index is 11.3. The molecule has 0 saturated carbocycles. The SMILES string of the molecule is CCCCOC(=O)NCC1COC2(CCNC2)O1. The number of alkyl carbamates (subject to hydrolysis) is 1. The lowest BCUT2D eigenvalue weighted by atomic mass is 10.2. The third-order valence-electron chi connectivity index (χ3n) is 3.20. The van der Waals surface area contributed by atoms with E-state index in [9.17, 15) is 4.79 Å². The van der Waals surface area contributed by atoms with Crippen LogP contribution in [0, 0.1) is 0 Å². The number of hydrogen-bond donors (Lipinski definition) is 2. The molecule has 2 saturated heterocycles. The third-order valence-corrected chi connectivity index (χ3v) is 3.20. The Labute approximate surface area is 107 Å². The fourth-order valence-corrected chi connectivity index (χ4v) is 2.14. The lowest BCUT2D eigenvalue weighted by Crippen LogP contribution is -2.37. The summed E-state index contributed by atoms with van der Waals surface area (Å²) in [6, 6.07) is 0. The minimum atomic E-state index is -0.460. The lowest BCUT2D eigenvalue weighted by Gasteiger charge is -2.21. The summed E-state index contributed by atoms with van der Waals surface area (Å²) in [6.45, 7) is 5.13. The van der Waals surface area contributed by atoms with Crippen molar-refractivity contribution >= 4 is 6.09 Å². The standard InChI is InChI=1S/C12H22N2O4/c1-2-3-6-16-11(15)14-7-10-8-17-12(18-10)4-5-13-9-12/h10,13H,2-9H2,1H3,(H,14,15).